The molecule has 4 heteroatoms. The van der Waals surface area contributed by atoms with Crippen LogP contribution in [0.4, 0.5) is 5.82 Å². The Balaban J connectivity index is 2.89. The van der Waals surface area contributed by atoms with Gasteiger partial charge in [0.15, 0.2) is 0 Å². The molecule has 1 aromatic rings. The molecule has 0 fully saturated rings. The molecule has 3 nitrogen and oxygen atoms in total. The Kier molecular flexibility index (Phi) is 3.63. The van der Waals surface area contributed by atoms with E-state index in [1.165, 1.54) is 0 Å². The summed E-state index contributed by atoms with van der Waals surface area (Å²) in [5.74, 6) is 0.717. The fourth-order valence-corrected chi connectivity index (χ4v) is 1.40. The molecule has 1 rings (SSSR count). The van der Waals surface area contributed by atoms with Crippen LogP contribution in [0.3, 0.4) is 0 Å². The van der Waals surface area contributed by atoms with Gasteiger partial charge in [0.25, 0.3) is 0 Å². The SMILES string of the molecule is CC(C)C(=O)N(C)c1cc(Br)ccn1. The van der Waals surface area contributed by atoms with Crippen LogP contribution in [0.1, 0.15) is 13.8 Å². The number of halogens is 1. The van der Waals surface area contributed by atoms with Crippen molar-refractivity contribution in [3.63, 3.8) is 0 Å². The summed E-state index contributed by atoms with van der Waals surface area (Å²) in [7, 11) is 1.73. The third-order valence-electron chi connectivity index (χ3n) is 1.88. The molecule has 0 aliphatic carbocycles. The molecular formula is C10H13BrN2O. The van der Waals surface area contributed by atoms with E-state index in [1.807, 2.05) is 26.0 Å². The third-order valence-corrected chi connectivity index (χ3v) is 2.37. The minimum atomic E-state index is -0.0132. The monoisotopic (exact) mass is 256 g/mol. The molecule has 0 aromatic carbocycles. The number of carbonyl (C=O) groups is 1. The van der Waals surface area contributed by atoms with Gasteiger partial charge in [-0.2, -0.15) is 0 Å². The van der Waals surface area contributed by atoms with E-state index in [-0.39, 0.29) is 11.8 Å². The smallest absolute Gasteiger partial charge is 0.230 e. The zero-order valence-corrected chi connectivity index (χ0v) is 10.1. The first-order valence-electron chi connectivity index (χ1n) is 4.41. The minimum Gasteiger partial charge on any atom is -0.300 e. The lowest BCUT2D eigenvalue weighted by molar-refractivity contribution is -0.121. The molecule has 0 atom stereocenters. The largest absolute Gasteiger partial charge is 0.300 e. The van der Waals surface area contributed by atoms with Gasteiger partial charge in [-0.1, -0.05) is 29.8 Å². The van der Waals surface area contributed by atoms with E-state index in [0.717, 1.165) is 4.47 Å². The van der Waals surface area contributed by atoms with Crippen LogP contribution in [-0.4, -0.2) is 17.9 Å². The van der Waals surface area contributed by atoms with Crippen molar-refractivity contribution in [3.05, 3.63) is 22.8 Å². The normalized spacial score (nSPS) is 10.4. The molecule has 0 saturated carbocycles. The summed E-state index contributed by atoms with van der Waals surface area (Å²) >= 11 is 3.34. The number of aromatic nitrogens is 1. The predicted octanol–water partition coefficient (Wildman–Crippen LogP) is 2.46. The lowest BCUT2D eigenvalue weighted by Crippen LogP contribution is -2.30. The Morgan fingerprint density at radius 1 is 1.57 bits per heavy atom. The summed E-state index contributed by atoms with van der Waals surface area (Å²) in [5, 5.41) is 0. The van der Waals surface area contributed by atoms with Gasteiger partial charge in [0.1, 0.15) is 5.82 Å². The minimum absolute atomic E-state index is 0.0132. The number of anilines is 1. The molecule has 0 saturated heterocycles. The zero-order chi connectivity index (χ0) is 10.7. The van der Waals surface area contributed by atoms with Crippen molar-refractivity contribution in [1.29, 1.82) is 0 Å². The highest BCUT2D eigenvalue weighted by molar-refractivity contribution is 9.10. The van der Waals surface area contributed by atoms with Crippen LogP contribution in [0.5, 0.6) is 0 Å². The number of nitrogens with zero attached hydrogens (tertiary/aromatic N) is 2. The van der Waals surface area contributed by atoms with Gasteiger partial charge < -0.3 is 0 Å². The van der Waals surface area contributed by atoms with Crippen molar-refractivity contribution in [2.45, 2.75) is 13.8 Å². The van der Waals surface area contributed by atoms with Crippen molar-refractivity contribution >= 4 is 27.7 Å². The van der Waals surface area contributed by atoms with Crippen LogP contribution < -0.4 is 4.90 Å². The molecule has 0 aliphatic rings. The maximum Gasteiger partial charge on any atom is 0.230 e. The Hall–Kier alpha value is -0.900. The Morgan fingerprint density at radius 2 is 2.21 bits per heavy atom. The van der Waals surface area contributed by atoms with E-state index in [1.54, 1.807) is 18.1 Å². The summed E-state index contributed by atoms with van der Waals surface area (Å²) in [6.45, 7) is 3.74. The number of hydrogen-bond donors (Lipinski definition) is 0. The molecular weight excluding hydrogens is 244 g/mol. The Morgan fingerprint density at radius 3 is 2.71 bits per heavy atom. The molecule has 0 N–H and O–H groups in total. The average Bonchev–Trinajstić information content (AvgIpc) is 2.15. The van der Waals surface area contributed by atoms with Gasteiger partial charge >= 0.3 is 0 Å². The second-order valence-corrected chi connectivity index (χ2v) is 4.30. The number of hydrogen-bond acceptors (Lipinski definition) is 2. The number of amides is 1. The van der Waals surface area contributed by atoms with Crippen molar-refractivity contribution in [2.24, 2.45) is 5.92 Å². The molecule has 0 bridgehead atoms. The maximum atomic E-state index is 11.6. The van der Waals surface area contributed by atoms with Crippen LogP contribution >= 0.6 is 15.9 Å². The number of carbonyl (C=O) groups excluding carboxylic acids is 1. The highest BCUT2D eigenvalue weighted by Gasteiger charge is 2.15. The first-order valence-corrected chi connectivity index (χ1v) is 5.21. The van der Waals surface area contributed by atoms with E-state index in [0.29, 0.717) is 5.82 Å². The fourth-order valence-electron chi connectivity index (χ4n) is 1.08. The summed E-state index contributed by atoms with van der Waals surface area (Å²) in [6.07, 6.45) is 1.67. The summed E-state index contributed by atoms with van der Waals surface area (Å²) < 4.78 is 0.922. The quantitative estimate of drug-likeness (QED) is 0.815. The fraction of sp³-hybridized carbons (Fsp3) is 0.400. The molecule has 1 heterocycles. The van der Waals surface area contributed by atoms with Crippen LogP contribution in [0.2, 0.25) is 0 Å². The van der Waals surface area contributed by atoms with Gasteiger partial charge in [0.2, 0.25) is 5.91 Å². The lowest BCUT2D eigenvalue weighted by atomic mass is 10.2. The molecule has 0 unspecified atom stereocenters. The lowest BCUT2D eigenvalue weighted by Gasteiger charge is -2.18. The average molecular weight is 257 g/mol. The Bertz CT molecular complexity index is 339. The van der Waals surface area contributed by atoms with Crippen molar-refractivity contribution < 1.29 is 4.79 Å². The topological polar surface area (TPSA) is 33.2 Å². The first kappa shape index (κ1) is 11.2. The highest BCUT2D eigenvalue weighted by Crippen LogP contribution is 2.17. The summed E-state index contributed by atoms with van der Waals surface area (Å²) in [6, 6.07) is 3.65. The number of rotatable bonds is 2. The first-order chi connectivity index (χ1) is 6.52. The molecule has 0 radical (unpaired) electrons. The van der Waals surface area contributed by atoms with Crippen LogP contribution in [-0.2, 0) is 4.79 Å². The van der Waals surface area contributed by atoms with E-state index in [9.17, 15) is 4.79 Å². The summed E-state index contributed by atoms with van der Waals surface area (Å²) in [5.41, 5.74) is 0. The number of pyridine rings is 1. The maximum absolute atomic E-state index is 11.6. The van der Waals surface area contributed by atoms with Gasteiger partial charge in [0, 0.05) is 23.6 Å². The van der Waals surface area contributed by atoms with Crippen molar-refractivity contribution in [1.82, 2.24) is 4.98 Å². The van der Waals surface area contributed by atoms with Crippen molar-refractivity contribution in [2.75, 3.05) is 11.9 Å². The van der Waals surface area contributed by atoms with Crippen LogP contribution in [0, 0.1) is 5.92 Å². The second kappa shape index (κ2) is 4.55. The van der Waals surface area contributed by atoms with E-state index in [4.69, 9.17) is 0 Å². The van der Waals surface area contributed by atoms with E-state index in [2.05, 4.69) is 20.9 Å². The van der Waals surface area contributed by atoms with Crippen LogP contribution in [0.15, 0.2) is 22.8 Å². The molecule has 1 amide bonds. The molecule has 0 spiro atoms. The van der Waals surface area contributed by atoms with Crippen LogP contribution in [0.25, 0.3) is 0 Å². The predicted molar refractivity (Wildman–Crippen MR) is 60.2 cm³/mol. The van der Waals surface area contributed by atoms with Gasteiger partial charge in [-0.05, 0) is 12.1 Å². The Labute approximate surface area is 92.3 Å². The third kappa shape index (κ3) is 2.54. The van der Waals surface area contributed by atoms with E-state index >= 15 is 0 Å². The van der Waals surface area contributed by atoms with Gasteiger partial charge in [0.05, 0.1) is 0 Å². The van der Waals surface area contributed by atoms with Gasteiger partial charge in [-0.15, -0.1) is 0 Å². The zero-order valence-electron chi connectivity index (χ0n) is 8.49. The summed E-state index contributed by atoms with van der Waals surface area (Å²) in [4.78, 5) is 17.3. The van der Waals surface area contributed by atoms with Gasteiger partial charge in [-0.25, -0.2) is 4.98 Å². The van der Waals surface area contributed by atoms with E-state index < -0.39 is 0 Å². The molecule has 14 heavy (non-hydrogen) atoms. The standard InChI is InChI=1S/C10H13BrN2O/c1-7(2)10(14)13(3)9-6-8(11)4-5-12-9/h4-7H,1-3H3. The molecule has 0 aliphatic heterocycles. The van der Waals surface area contributed by atoms with Crippen molar-refractivity contribution in [3.8, 4) is 0 Å². The second-order valence-electron chi connectivity index (χ2n) is 3.38. The molecule has 76 valence electrons. The molecule has 1 aromatic heterocycles. The van der Waals surface area contributed by atoms with Gasteiger partial charge in [-0.3, -0.25) is 9.69 Å². The highest BCUT2D eigenvalue weighted by atomic mass is 79.9.